The summed E-state index contributed by atoms with van der Waals surface area (Å²) in [4.78, 5) is 22.9. The number of hydrogen-bond acceptors (Lipinski definition) is 3. The van der Waals surface area contributed by atoms with Gasteiger partial charge in [-0.15, -0.1) is 0 Å². The standard InChI is InChI=1S/C14H19NO3/c1-3-8-15-13(16)9-11-6-4-5-7-12(11)10-14(17)18-2/h4-7H,3,8-10H2,1-2H3,(H,15,16). The summed E-state index contributed by atoms with van der Waals surface area (Å²) in [5.41, 5.74) is 1.72. The number of carbonyl (C=O) groups excluding carboxylic acids is 2. The molecule has 0 saturated heterocycles. The maximum absolute atomic E-state index is 11.7. The Labute approximate surface area is 107 Å². The number of esters is 1. The third kappa shape index (κ3) is 4.57. The summed E-state index contributed by atoms with van der Waals surface area (Å²) in [5, 5.41) is 2.82. The highest BCUT2D eigenvalue weighted by Crippen LogP contribution is 2.11. The Balaban J connectivity index is 2.69. The zero-order valence-electron chi connectivity index (χ0n) is 10.9. The van der Waals surface area contributed by atoms with Crippen molar-refractivity contribution in [3.63, 3.8) is 0 Å². The van der Waals surface area contributed by atoms with Gasteiger partial charge in [-0.1, -0.05) is 31.2 Å². The molecule has 0 unspecified atom stereocenters. The lowest BCUT2D eigenvalue weighted by Crippen LogP contribution is -2.26. The van der Waals surface area contributed by atoms with Crippen LogP contribution in [0.15, 0.2) is 24.3 Å². The smallest absolute Gasteiger partial charge is 0.309 e. The summed E-state index contributed by atoms with van der Waals surface area (Å²) in [7, 11) is 1.36. The number of carbonyl (C=O) groups is 2. The molecule has 0 aromatic heterocycles. The Bertz CT molecular complexity index is 415. The first kappa shape index (κ1) is 14.2. The zero-order chi connectivity index (χ0) is 13.4. The van der Waals surface area contributed by atoms with E-state index in [0.717, 1.165) is 17.5 Å². The van der Waals surface area contributed by atoms with Crippen LogP contribution in [0.1, 0.15) is 24.5 Å². The van der Waals surface area contributed by atoms with Crippen LogP contribution in [0.5, 0.6) is 0 Å². The third-order valence-electron chi connectivity index (χ3n) is 2.60. The second kappa shape index (κ2) is 7.48. The van der Waals surface area contributed by atoms with Crippen molar-refractivity contribution >= 4 is 11.9 Å². The van der Waals surface area contributed by atoms with Crippen LogP contribution in [-0.2, 0) is 27.2 Å². The van der Waals surface area contributed by atoms with Gasteiger partial charge in [-0.05, 0) is 17.5 Å². The summed E-state index contributed by atoms with van der Waals surface area (Å²) in [6.07, 6.45) is 1.41. The van der Waals surface area contributed by atoms with Crippen molar-refractivity contribution in [3.8, 4) is 0 Å². The highest BCUT2D eigenvalue weighted by Gasteiger charge is 2.10. The van der Waals surface area contributed by atoms with Crippen molar-refractivity contribution < 1.29 is 14.3 Å². The van der Waals surface area contributed by atoms with E-state index in [2.05, 4.69) is 10.1 Å². The van der Waals surface area contributed by atoms with Crippen molar-refractivity contribution in [3.05, 3.63) is 35.4 Å². The van der Waals surface area contributed by atoms with Gasteiger partial charge in [0.1, 0.15) is 0 Å². The molecule has 98 valence electrons. The first-order valence-electron chi connectivity index (χ1n) is 6.07. The molecule has 0 saturated carbocycles. The molecule has 1 aromatic rings. The normalized spacial score (nSPS) is 9.89. The second-order valence-corrected chi connectivity index (χ2v) is 4.05. The molecule has 4 nitrogen and oxygen atoms in total. The summed E-state index contributed by atoms with van der Waals surface area (Å²) in [6, 6.07) is 7.43. The van der Waals surface area contributed by atoms with E-state index in [0.29, 0.717) is 13.0 Å². The maximum Gasteiger partial charge on any atom is 0.309 e. The molecule has 0 radical (unpaired) electrons. The molecule has 0 spiro atoms. The summed E-state index contributed by atoms with van der Waals surface area (Å²) < 4.78 is 4.64. The van der Waals surface area contributed by atoms with Gasteiger partial charge in [0.05, 0.1) is 20.0 Å². The van der Waals surface area contributed by atoms with Gasteiger partial charge >= 0.3 is 5.97 Å². The lowest BCUT2D eigenvalue weighted by atomic mass is 10.0. The average molecular weight is 249 g/mol. The molecule has 0 aliphatic heterocycles. The highest BCUT2D eigenvalue weighted by atomic mass is 16.5. The SMILES string of the molecule is CCCNC(=O)Cc1ccccc1CC(=O)OC. The Kier molecular flexibility index (Phi) is 5.91. The van der Waals surface area contributed by atoms with Gasteiger partial charge < -0.3 is 10.1 Å². The van der Waals surface area contributed by atoms with E-state index in [-0.39, 0.29) is 18.3 Å². The molecule has 4 heteroatoms. The molecule has 0 atom stereocenters. The van der Waals surface area contributed by atoms with Gasteiger partial charge in [0.25, 0.3) is 0 Å². The van der Waals surface area contributed by atoms with E-state index < -0.39 is 0 Å². The monoisotopic (exact) mass is 249 g/mol. The van der Waals surface area contributed by atoms with Crippen molar-refractivity contribution in [2.45, 2.75) is 26.2 Å². The number of rotatable bonds is 6. The van der Waals surface area contributed by atoms with Gasteiger partial charge in [0, 0.05) is 6.54 Å². The van der Waals surface area contributed by atoms with Gasteiger partial charge in [0.15, 0.2) is 0 Å². The highest BCUT2D eigenvalue weighted by molar-refractivity contribution is 5.80. The Hall–Kier alpha value is -1.84. The Morgan fingerprint density at radius 2 is 1.78 bits per heavy atom. The predicted octanol–water partition coefficient (Wildman–Crippen LogP) is 1.47. The molecular weight excluding hydrogens is 230 g/mol. The summed E-state index contributed by atoms with van der Waals surface area (Å²) in [6.45, 7) is 2.68. The number of hydrogen-bond donors (Lipinski definition) is 1. The quantitative estimate of drug-likeness (QED) is 0.777. The molecule has 0 fully saturated rings. The maximum atomic E-state index is 11.7. The molecule has 0 aliphatic rings. The van der Waals surface area contributed by atoms with Crippen molar-refractivity contribution in [1.29, 1.82) is 0 Å². The lowest BCUT2D eigenvalue weighted by Gasteiger charge is -2.08. The zero-order valence-corrected chi connectivity index (χ0v) is 10.9. The summed E-state index contributed by atoms with van der Waals surface area (Å²) in [5.74, 6) is -0.314. The lowest BCUT2D eigenvalue weighted by molar-refractivity contribution is -0.139. The fourth-order valence-corrected chi connectivity index (χ4v) is 1.63. The van der Waals surface area contributed by atoms with Crippen LogP contribution in [0, 0.1) is 0 Å². The van der Waals surface area contributed by atoms with Crippen molar-refractivity contribution in [2.75, 3.05) is 13.7 Å². The first-order valence-corrected chi connectivity index (χ1v) is 6.07. The van der Waals surface area contributed by atoms with Crippen LogP contribution in [0.4, 0.5) is 0 Å². The fraction of sp³-hybridized carbons (Fsp3) is 0.429. The largest absolute Gasteiger partial charge is 0.469 e. The predicted molar refractivity (Wildman–Crippen MR) is 69.2 cm³/mol. The molecule has 1 rings (SSSR count). The average Bonchev–Trinajstić information content (AvgIpc) is 2.38. The fourth-order valence-electron chi connectivity index (χ4n) is 1.63. The Morgan fingerprint density at radius 1 is 1.17 bits per heavy atom. The van der Waals surface area contributed by atoms with Gasteiger partial charge in [-0.3, -0.25) is 9.59 Å². The van der Waals surface area contributed by atoms with Gasteiger partial charge in [0.2, 0.25) is 5.91 Å². The molecule has 1 aromatic carbocycles. The van der Waals surface area contributed by atoms with E-state index in [9.17, 15) is 9.59 Å². The van der Waals surface area contributed by atoms with Crippen LogP contribution in [0.2, 0.25) is 0 Å². The number of nitrogens with one attached hydrogen (secondary N) is 1. The summed E-state index contributed by atoms with van der Waals surface area (Å²) >= 11 is 0. The van der Waals surface area contributed by atoms with Gasteiger partial charge in [-0.2, -0.15) is 0 Å². The molecule has 0 bridgehead atoms. The van der Waals surface area contributed by atoms with E-state index in [1.807, 2.05) is 31.2 Å². The van der Waals surface area contributed by atoms with E-state index in [4.69, 9.17) is 0 Å². The minimum absolute atomic E-state index is 0.0193. The van der Waals surface area contributed by atoms with Crippen molar-refractivity contribution in [2.24, 2.45) is 0 Å². The van der Waals surface area contributed by atoms with Crippen LogP contribution in [0.3, 0.4) is 0 Å². The molecule has 18 heavy (non-hydrogen) atoms. The minimum Gasteiger partial charge on any atom is -0.469 e. The number of ether oxygens (including phenoxy) is 1. The number of methoxy groups -OCH3 is 1. The first-order chi connectivity index (χ1) is 8.67. The van der Waals surface area contributed by atoms with E-state index in [1.54, 1.807) is 0 Å². The molecule has 0 aliphatic carbocycles. The minimum atomic E-state index is -0.295. The van der Waals surface area contributed by atoms with Gasteiger partial charge in [-0.25, -0.2) is 0 Å². The van der Waals surface area contributed by atoms with Crippen LogP contribution in [0.25, 0.3) is 0 Å². The van der Waals surface area contributed by atoms with Crippen molar-refractivity contribution in [1.82, 2.24) is 5.32 Å². The molecule has 1 N–H and O–H groups in total. The second-order valence-electron chi connectivity index (χ2n) is 4.05. The van der Waals surface area contributed by atoms with Crippen LogP contribution < -0.4 is 5.32 Å². The molecule has 1 amide bonds. The van der Waals surface area contributed by atoms with Crippen LogP contribution >= 0.6 is 0 Å². The number of amides is 1. The topological polar surface area (TPSA) is 55.4 Å². The third-order valence-corrected chi connectivity index (χ3v) is 2.60. The molecular formula is C14H19NO3. The van der Waals surface area contributed by atoms with E-state index in [1.165, 1.54) is 7.11 Å². The van der Waals surface area contributed by atoms with E-state index >= 15 is 0 Å². The Morgan fingerprint density at radius 3 is 2.33 bits per heavy atom. The molecule has 0 heterocycles. The number of benzene rings is 1. The van der Waals surface area contributed by atoms with Crippen LogP contribution in [-0.4, -0.2) is 25.5 Å².